The Bertz CT molecular complexity index is 403. The quantitative estimate of drug-likeness (QED) is 0.204. The van der Waals surface area contributed by atoms with Crippen LogP contribution in [0.4, 0.5) is 17.6 Å². The third kappa shape index (κ3) is 6.97. The Balaban J connectivity index is 0.00000484. The summed E-state index contributed by atoms with van der Waals surface area (Å²) >= 11 is -4.18. The Morgan fingerprint density at radius 1 is 1.13 bits per heavy atom. The second-order valence-corrected chi connectivity index (χ2v) is 6.40. The van der Waals surface area contributed by atoms with E-state index in [1.165, 1.54) is 0 Å². The van der Waals surface area contributed by atoms with Gasteiger partial charge in [0.1, 0.15) is 0 Å². The molecule has 1 unspecified atom stereocenters. The fraction of sp³-hybridized carbons (Fsp3) is 0.923. The first kappa shape index (κ1) is 23.3. The first-order valence-electron chi connectivity index (χ1n) is 7.20. The number of carbonyl (C=O) groups excluding carboxylic acids is 1. The Morgan fingerprint density at radius 3 is 2.22 bits per heavy atom. The Labute approximate surface area is 157 Å². The van der Waals surface area contributed by atoms with Crippen LogP contribution < -0.4 is 29.6 Å². The van der Waals surface area contributed by atoms with Gasteiger partial charge in [-0.05, 0) is 25.7 Å². The van der Waals surface area contributed by atoms with Gasteiger partial charge in [-0.25, -0.2) is 0 Å². The van der Waals surface area contributed by atoms with Crippen LogP contribution in [0.1, 0.15) is 51.4 Å². The van der Waals surface area contributed by atoms with Crippen molar-refractivity contribution < 1.29 is 65.4 Å². The van der Waals surface area contributed by atoms with Crippen LogP contribution >= 0.6 is 0 Å². The van der Waals surface area contributed by atoms with Gasteiger partial charge in [-0.2, -0.15) is 17.6 Å². The predicted molar refractivity (Wildman–Crippen MR) is 70.2 cm³/mol. The molecule has 0 bridgehead atoms. The van der Waals surface area contributed by atoms with E-state index in [1.54, 1.807) is 0 Å². The monoisotopic (exact) mass is 370 g/mol. The zero-order valence-corrected chi connectivity index (χ0v) is 15.8. The predicted octanol–water partition coefficient (Wildman–Crippen LogP) is 0.391. The number of hydrogen-bond donors (Lipinski definition) is 0. The van der Waals surface area contributed by atoms with Gasteiger partial charge in [0.05, 0.1) is 12.5 Å². The van der Waals surface area contributed by atoms with Gasteiger partial charge in [-0.1, -0.05) is 19.3 Å². The minimum Gasteiger partial charge on any atom is -0.768 e. The molecule has 0 heterocycles. The van der Waals surface area contributed by atoms with Gasteiger partial charge in [-0.3, -0.25) is 9.00 Å². The molecule has 0 saturated heterocycles. The number of carbonyl (C=O) groups is 1. The van der Waals surface area contributed by atoms with Crippen molar-refractivity contribution in [3.63, 3.8) is 0 Å². The van der Waals surface area contributed by atoms with Crippen LogP contribution in [-0.4, -0.2) is 32.5 Å². The number of halogens is 4. The molecule has 0 spiro atoms. The largest absolute Gasteiger partial charge is 1.00 e. The number of ether oxygens (including phenoxy) is 1. The standard InChI is InChI=1S/C13H20F4O4S.Na/c14-12(15,13(16,17)22(19)20)8-4-5-9-21-11(18)10-6-2-1-3-7-10;/h10H,1-9H2,(H,19,20);/q;+1/p-1. The minimum atomic E-state index is -5.09. The van der Waals surface area contributed by atoms with Crippen molar-refractivity contribution in [3.8, 4) is 0 Å². The van der Waals surface area contributed by atoms with E-state index >= 15 is 0 Å². The molecule has 0 aromatic heterocycles. The molecule has 0 aromatic carbocycles. The summed E-state index contributed by atoms with van der Waals surface area (Å²) in [5.74, 6) is -5.17. The second kappa shape index (κ2) is 10.3. The topological polar surface area (TPSA) is 66.4 Å². The van der Waals surface area contributed by atoms with E-state index in [0.29, 0.717) is 0 Å². The maximum absolute atomic E-state index is 13.1. The first-order chi connectivity index (χ1) is 10.2. The molecule has 1 fully saturated rings. The molecule has 10 heteroatoms. The van der Waals surface area contributed by atoms with Crippen molar-refractivity contribution in [1.82, 2.24) is 0 Å². The molecular weight excluding hydrogens is 351 g/mol. The van der Waals surface area contributed by atoms with Gasteiger partial charge in [0.25, 0.3) is 0 Å². The molecule has 1 aliphatic carbocycles. The summed E-state index contributed by atoms with van der Waals surface area (Å²) in [5.41, 5.74) is 0. The molecule has 0 aliphatic heterocycles. The van der Waals surface area contributed by atoms with E-state index in [4.69, 9.17) is 4.74 Å². The SMILES string of the molecule is O=C(OCCCCC(F)(F)C(F)(F)S(=O)[O-])C1CCCCC1.[Na+]. The number of hydrogen-bond acceptors (Lipinski definition) is 4. The fourth-order valence-corrected chi connectivity index (χ4v) is 2.69. The molecule has 0 N–H and O–H groups in total. The molecule has 4 nitrogen and oxygen atoms in total. The molecule has 0 amide bonds. The van der Waals surface area contributed by atoms with E-state index in [9.17, 15) is 31.1 Å². The number of rotatable bonds is 8. The zero-order valence-electron chi connectivity index (χ0n) is 13.0. The van der Waals surface area contributed by atoms with Crippen molar-refractivity contribution in [1.29, 1.82) is 0 Å². The van der Waals surface area contributed by atoms with Crippen LogP contribution in [-0.2, 0) is 20.6 Å². The second-order valence-electron chi connectivity index (χ2n) is 5.42. The van der Waals surface area contributed by atoms with Crippen molar-refractivity contribution in [2.45, 2.75) is 62.5 Å². The van der Waals surface area contributed by atoms with Gasteiger partial charge in [0.2, 0.25) is 0 Å². The van der Waals surface area contributed by atoms with E-state index in [0.717, 1.165) is 32.1 Å². The molecule has 130 valence electrons. The smallest absolute Gasteiger partial charge is 0.768 e. The molecule has 23 heavy (non-hydrogen) atoms. The summed E-state index contributed by atoms with van der Waals surface area (Å²) in [4.78, 5) is 11.6. The maximum atomic E-state index is 13.1. The van der Waals surface area contributed by atoms with E-state index in [2.05, 4.69) is 0 Å². The molecule has 0 aromatic rings. The summed E-state index contributed by atoms with van der Waals surface area (Å²) in [7, 11) is 0. The van der Waals surface area contributed by atoms with Crippen LogP contribution in [0.5, 0.6) is 0 Å². The van der Waals surface area contributed by atoms with Gasteiger partial charge >= 0.3 is 46.7 Å². The third-order valence-corrected chi connectivity index (χ3v) is 4.42. The average molecular weight is 370 g/mol. The van der Waals surface area contributed by atoms with Crippen LogP contribution in [0.3, 0.4) is 0 Å². The van der Waals surface area contributed by atoms with Crippen LogP contribution in [0.2, 0.25) is 0 Å². The molecule has 1 atom stereocenters. The van der Waals surface area contributed by atoms with Gasteiger partial charge in [0.15, 0.2) is 0 Å². The summed E-state index contributed by atoms with van der Waals surface area (Å²) < 4.78 is 76.8. The van der Waals surface area contributed by atoms with Crippen molar-refractivity contribution in [2.75, 3.05) is 6.61 Å². The van der Waals surface area contributed by atoms with Gasteiger partial charge in [-0.15, -0.1) is 0 Å². The fourth-order valence-electron chi connectivity index (χ4n) is 2.35. The number of unbranched alkanes of at least 4 members (excludes halogenated alkanes) is 1. The van der Waals surface area contributed by atoms with E-state index in [-0.39, 0.29) is 60.9 Å². The summed E-state index contributed by atoms with van der Waals surface area (Å²) in [6, 6.07) is 0. The van der Waals surface area contributed by atoms with Gasteiger partial charge in [0, 0.05) is 17.5 Å². The van der Waals surface area contributed by atoms with Crippen LogP contribution in [0.15, 0.2) is 0 Å². The molecule has 0 radical (unpaired) electrons. The summed E-state index contributed by atoms with van der Waals surface area (Å²) in [6.07, 6.45) is 2.81. The first-order valence-corrected chi connectivity index (χ1v) is 8.27. The minimum absolute atomic E-state index is 0. The third-order valence-electron chi connectivity index (χ3n) is 3.70. The Kier molecular flexibility index (Phi) is 10.5. The number of alkyl halides is 4. The Hall–Kier alpha value is 0.300. The van der Waals surface area contributed by atoms with Crippen LogP contribution in [0.25, 0.3) is 0 Å². The van der Waals surface area contributed by atoms with E-state index in [1.807, 2.05) is 0 Å². The van der Waals surface area contributed by atoms with Crippen molar-refractivity contribution >= 4 is 17.0 Å². The van der Waals surface area contributed by atoms with Crippen LogP contribution in [0, 0.1) is 5.92 Å². The molecule has 1 saturated carbocycles. The zero-order chi connectivity index (χ0) is 16.8. The molecule has 1 rings (SSSR count). The average Bonchev–Trinajstić information content (AvgIpc) is 2.47. The van der Waals surface area contributed by atoms with Gasteiger partial charge < -0.3 is 9.29 Å². The Morgan fingerprint density at radius 2 is 1.70 bits per heavy atom. The summed E-state index contributed by atoms with van der Waals surface area (Å²) in [6.45, 7) is -0.128. The molecular formula is C13H19F4NaO4S. The molecule has 1 aliphatic rings. The van der Waals surface area contributed by atoms with Crippen molar-refractivity contribution in [3.05, 3.63) is 0 Å². The summed E-state index contributed by atoms with van der Waals surface area (Å²) in [5, 5.41) is -5.09. The normalized spacial score (nSPS) is 18.1. The number of esters is 1. The van der Waals surface area contributed by atoms with E-state index < -0.39 is 28.7 Å². The van der Waals surface area contributed by atoms with Crippen molar-refractivity contribution in [2.24, 2.45) is 5.92 Å². The maximum Gasteiger partial charge on any atom is 1.00 e.